The third-order valence-corrected chi connectivity index (χ3v) is 7.11. The van der Waals surface area contributed by atoms with Gasteiger partial charge in [-0.3, -0.25) is 4.79 Å². The molecule has 0 aliphatic carbocycles. The number of hydrogen-bond donors (Lipinski definition) is 1. The van der Waals surface area contributed by atoms with Gasteiger partial charge < -0.3 is 5.32 Å². The van der Waals surface area contributed by atoms with E-state index in [1.165, 1.54) is 24.3 Å². The van der Waals surface area contributed by atoms with Gasteiger partial charge in [-0.15, -0.1) is 0 Å². The molecular formula is C15H19NO5S2. The van der Waals surface area contributed by atoms with Crippen molar-refractivity contribution in [2.75, 3.05) is 18.1 Å². The number of sulfone groups is 2. The summed E-state index contributed by atoms with van der Waals surface area (Å²) < 4.78 is 48.2. The first-order chi connectivity index (χ1) is 10.7. The van der Waals surface area contributed by atoms with E-state index in [4.69, 9.17) is 0 Å². The summed E-state index contributed by atoms with van der Waals surface area (Å²) in [6.07, 6.45) is 1.98. The third-order valence-electron chi connectivity index (χ3n) is 3.53. The minimum atomic E-state index is -3.60. The molecule has 1 atom stereocenters. The van der Waals surface area contributed by atoms with Crippen LogP contribution in [0.5, 0.6) is 0 Å². The summed E-state index contributed by atoms with van der Waals surface area (Å²) in [5.41, 5.74) is 0.790. The zero-order chi connectivity index (χ0) is 17.1. The van der Waals surface area contributed by atoms with Gasteiger partial charge in [-0.05, 0) is 24.1 Å². The molecule has 0 bridgehead atoms. The molecule has 1 aliphatic heterocycles. The lowest BCUT2D eigenvalue weighted by Gasteiger charge is -2.15. The van der Waals surface area contributed by atoms with E-state index in [2.05, 4.69) is 5.32 Å². The van der Waals surface area contributed by atoms with Crippen LogP contribution in [-0.4, -0.2) is 40.8 Å². The van der Waals surface area contributed by atoms with Gasteiger partial charge >= 0.3 is 0 Å². The summed E-state index contributed by atoms with van der Waals surface area (Å²) in [5, 5.41) is 2.56. The van der Waals surface area contributed by atoms with Crippen molar-refractivity contribution in [1.29, 1.82) is 0 Å². The molecule has 1 heterocycles. The van der Waals surface area contributed by atoms with Crippen molar-refractivity contribution in [2.24, 2.45) is 0 Å². The minimum absolute atomic E-state index is 0.239. The Morgan fingerprint density at radius 3 is 2.43 bits per heavy atom. The largest absolute Gasteiger partial charge is 0.352 e. The fraction of sp³-hybridized carbons (Fsp3) is 0.400. The first-order valence-electron chi connectivity index (χ1n) is 7.24. The average Bonchev–Trinajstić information content (AvgIpc) is 2.60. The highest BCUT2D eigenvalue weighted by atomic mass is 32.2. The Labute approximate surface area is 136 Å². The molecule has 0 fully saturated rings. The fourth-order valence-electron chi connectivity index (χ4n) is 2.30. The summed E-state index contributed by atoms with van der Waals surface area (Å²) in [4.78, 5) is 11.8. The highest BCUT2D eigenvalue weighted by Crippen LogP contribution is 2.28. The molecule has 0 aromatic heterocycles. The van der Waals surface area contributed by atoms with Crippen molar-refractivity contribution in [1.82, 2.24) is 5.32 Å². The van der Waals surface area contributed by atoms with Gasteiger partial charge in [0.1, 0.15) is 5.25 Å². The third kappa shape index (κ3) is 4.42. The molecule has 1 aromatic carbocycles. The Balaban J connectivity index is 2.29. The van der Waals surface area contributed by atoms with Crippen molar-refractivity contribution < 1.29 is 21.6 Å². The summed E-state index contributed by atoms with van der Waals surface area (Å²) in [7, 11) is -7.16. The quantitative estimate of drug-likeness (QED) is 0.874. The van der Waals surface area contributed by atoms with Crippen LogP contribution in [0.4, 0.5) is 0 Å². The molecule has 8 heteroatoms. The molecule has 2 rings (SSSR count). The van der Waals surface area contributed by atoms with Crippen molar-refractivity contribution in [3.63, 3.8) is 0 Å². The van der Waals surface area contributed by atoms with Crippen LogP contribution in [0.2, 0.25) is 0 Å². The van der Waals surface area contributed by atoms with Crippen molar-refractivity contribution in [3.8, 4) is 0 Å². The van der Waals surface area contributed by atoms with Crippen LogP contribution >= 0.6 is 0 Å². The molecule has 23 heavy (non-hydrogen) atoms. The second kappa shape index (κ2) is 6.84. The second-order valence-corrected chi connectivity index (χ2v) is 9.56. The number of hydrogen-bond acceptors (Lipinski definition) is 5. The Hall–Kier alpha value is -1.67. The summed E-state index contributed by atoms with van der Waals surface area (Å²) in [6, 6.07) is 6.04. The molecule has 0 spiro atoms. The molecule has 0 saturated heterocycles. The number of amides is 1. The molecule has 0 radical (unpaired) electrons. The van der Waals surface area contributed by atoms with E-state index in [9.17, 15) is 21.6 Å². The molecule has 126 valence electrons. The monoisotopic (exact) mass is 357 g/mol. The van der Waals surface area contributed by atoms with Crippen LogP contribution in [0.25, 0.3) is 0 Å². The molecule has 1 aromatic rings. The normalized spacial score (nSPS) is 22.2. The van der Waals surface area contributed by atoms with Crippen LogP contribution in [0.1, 0.15) is 34.5 Å². The zero-order valence-corrected chi connectivity index (χ0v) is 14.4. The SMILES string of the molecule is CCCNC(=O)c1ccc(C2CS(=O)(=O)C=CCS2(=O)=O)cc1. The zero-order valence-electron chi connectivity index (χ0n) is 12.7. The fourth-order valence-corrected chi connectivity index (χ4v) is 6.10. The highest BCUT2D eigenvalue weighted by molar-refractivity contribution is 7.97. The van der Waals surface area contributed by atoms with E-state index in [1.54, 1.807) is 0 Å². The number of carbonyl (C=O) groups is 1. The summed E-state index contributed by atoms with van der Waals surface area (Å²) in [5.74, 6) is -1.03. The van der Waals surface area contributed by atoms with Gasteiger partial charge in [-0.25, -0.2) is 16.8 Å². The van der Waals surface area contributed by atoms with Crippen LogP contribution in [-0.2, 0) is 19.7 Å². The molecule has 1 aliphatic rings. The van der Waals surface area contributed by atoms with Crippen molar-refractivity contribution in [2.45, 2.75) is 18.6 Å². The molecule has 1 N–H and O–H groups in total. The van der Waals surface area contributed by atoms with E-state index in [0.717, 1.165) is 17.9 Å². The predicted octanol–water partition coefficient (Wildman–Crippen LogP) is 1.22. The Morgan fingerprint density at radius 2 is 1.83 bits per heavy atom. The number of benzene rings is 1. The van der Waals surface area contributed by atoms with Gasteiger partial charge in [-0.1, -0.05) is 25.1 Å². The lowest BCUT2D eigenvalue weighted by atomic mass is 10.1. The van der Waals surface area contributed by atoms with Crippen LogP contribution in [0.3, 0.4) is 0 Å². The molecular weight excluding hydrogens is 338 g/mol. The molecule has 1 amide bonds. The van der Waals surface area contributed by atoms with E-state index < -0.39 is 30.7 Å². The predicted molar refractivity (Wildman–Crippen MR) is 88.5 cm³/mol. The Kier molecular flexibility index (Phi) is 5.26. The van der Waals surface area contributed by atoms with Crippen LogP contribution < -0.4 is 5.32 Å². The number of carbonyl (C=O) groups excluding carboxylic acids is 1. The summed E-state index contributed by atoms with van der Waals surface area (Å²) >= 11 is 0. The van der Waals surface area contributed by atoms with E-state index in [0.29, 0.717) is 17.7 Å². The molecule has 6 nitrogen and oxygen atoms in total. The number of nitrogens with one attached hydrogen (secondary N) is 1. The Bertz CT molecular complexity index is 808. The maximum absolute atomic E-state index is 12.3. The lowest BCUT2D eigenvalue weighted by Crippen LogP contribution is -2.24. The first-order valence-corrected chi connectivity index (χ1v) is 10.7. The van der Waals surface area contributed by atoms with E-state index in [1.807, 2.05) is 6.92 Å². The lowest BCUT2D eigenvalue weighted by molar-refractivity contribution is 0.0953. The van der Waals surface area contributed by atoms with E-state index >= 15 is 0 Å². The smallest absolute Gasteiger partial charge is 0.251 e. The maximum atomic E-state index is 12.3. The summed E-state index contributed by atoms with van der Waals surface area (Å²) in [6.45, 7) is 2.50. The van der Waals surface area contributed by atoms with E-state index in [-0.39, 0.29) is 11.7 Å². The Morgan fingerprint density at radius 1 is 1.17 bits per heavy atom. The highest BCUT2D eigenvalue weighted by Gasteiger charge is 2.32. The second-order valence-electron chi connectivity index (χ2n) is 5.40. The van der Waals surface area contributed by atoms with Gasteiger partial charge in [0.05, 0.1) is 11.5 Å². The number of rotatable bonds is 4. The van der Waals surface area contributed by atoms with Crippen molar-refractivity contribution >= 4 is 25.6 Å². The van der Waals surface area contributed by atoms with Crippen LogP contribution in [0.15, 0.2) is 35.7 Å². The van der Waals surface area contributed by atoms with Gasteiger partial charge in [0.15, 0.2) is 19.7 Å². The van der Waals surface area contributed by atoms with Gasteiger partial charge in [0.2, 0.25) is 0 Å². The topological polar surface area (TPSA) is 97.4 Å². The standard InChI is InChI=1S/C15H19NO5S2/c1-2-8-16-15(17)13-6-4-12(5-7-13)14-11-22(18,19)9-3-10-23(14,20)21/h3-7,9,14H,2,8,10-11H2,1H3,(H,16,17). The van der Waals surface area contributed by atoms with Crippen molar-refractivity contribution in [3.05, 3.63) is 46.9 Å². The first kappa shape index (κ1) is 17.7. The van der Waals surface area contributed by atoms with Crippen LogP contribution in [0, 0.1) is 0 Å². The van der Waals surface area contributed by atoms with Gasteiger partial charge in [-0.2, -0.15) is 0 Å². The minimum Gasteiger partial charge on any atom is -0.352 e. The molecule has 0 saturated carbocycles. The van der Waals surface area contributed by atoms with Gasteiger partial charge in [0.25, 0.3) is 5.91 Å². The maximum Gasteiger partial charge on any atom is 0.251 e. The van der Waals surface area contributed by atoms with Gasteiger partial charge in [0, 0.05) is 17.5 Å². The average molecular weight is 357 g/mol. The molecule has 1 unspecified atom stereocenters.